The number of imidazole rings is 1. The quantitative estimate of drug-likeness (QED) is 0.553. The van der Waals surface area contributed by atoms with Crippen molar-refractivity contribution >= 4 is 22.9 Å². The molecule has 4 rings (SSSR count). The van der Waals surface area contributed by atoms with Crippen molar-refractivity contribution in [2.45, 2.75) is 56.5 Å². The monoisotopic (exact) mass is 376 g/mol. The van der Waals surface area contributed by atoms with Crippen LogP contribution in [0.5, 0.6) is 0 Å². The van der Waals surface area contributed by atoms with Crippen LogP contribution in [-0.2, 0) is 9.53 Å². The standard InChI is InChI=1S/C17H24N6O4/c1-2-12(24)22-10-5-11(15(26)14(10)25)23-8-20-13-16(18-7-19-17(13)23)21-9-3-4-27-6-9/h7-11,14-15,25-26H,2-6H2,1H3,(H,22,24)(H,18,19,21)/t9?,10-,11+,14+,15-/m0/s1. The van der Waals surface area contributed by atoms with Crippen LogP contribution in [0.15, 0.2) is 12.7 Å². The lowest BCUT2D eigenvalue weighted by atomic mass is 10.2. The smallest absolute Gasteiger partial charge is 0.220 e. The van der Waals surface area contributed by atoms with Crippen molar-refractivity contribution in [1.82, 2.24) is 24.8 Å². The molecule has 0 aromatic carbocycles. The van der Waals surface area contributed by atoms with Gasteiger partial charge in [-0.25, -0.2) is 15.0 Å². The lowest BCUT2D eigenvalue weighted by Crippen LogP contribution is -2.42. The number of carbonyl (C=O) groups excluding carboxylic acids is 1. The van der Waals surface area contributed by atoms with Crippen molar-refractivity contribution in [3.63, 3.8) is 0 Å². The summed E-state index contributed by atoms with van der Waals surface area (Å²) < 4.78 is 7.13. The number of hydrogen-bond donors (Lipinski definition) is 4. The van der Waals surface area contributed by atoms with E-state index in [-0.39, 0.29) is 11.9 Å². The largest absolute Gasteiger partial charge is 0.388 e. The molecule has 1 aliphatic heterocycles. The summed E-state index contributed by atoms with van der Waals surface area (Å²) in [4.78, 5) is 24.7. The Balaban J connectivity index is 1.59. The summed E-state index contributed by atoms with van der Waals surface area (Å²) >= 11 is 0. The highest BCUT2D eigenvalue weighted by atomic mass is 16.5. The summed E-state index contributed by atoms with van der Waals surface area (Å²) in [5.41, 5.74) is 1.18. The van der Waals surface area contributed by atoms with Crippen molar-refractivity contribution in [3.8, 4) is 0 Å². The molecule has 0 bridgehead atoms. The molecular formula is C17H24N6O4. The van der Waals surface area contributed by atoms with Gasteiger partial charge in [-0.15, -0.1) is 0 Å². The maximum Gasteiger partial charge on any atom is 0.220 e. The third-order valence-electron chi connectivity index (χ3n) is 5.31. The van der Waals surface area contributed by atoms with E-state index >= 15 is 0 Å². The second-order valence-corrected chi connectivity index (χ2v) is 7.06. The lowest BCUT2D eigenvalue weighted by molar-refractivity contribution is -0.122. The predicted octanol–water partition coefficient (Wildman–Crippen LogP) is -0.411. The molecule has 146 valence electrons. The number of nitrogens with zero attached hydrogens (tertiary/aromatic N) is 4. The molecule has 0 spiro atoms. The van der Waals surface area contributed by atoms with Gasteiger partial charge in [0, 0.05) is 13.0 Å². The average molecular weight is 376 g/mol. The Kier molecular flexibility index (Phi) is 4.94. The summed E-state index contributed by atoms with van der Waals surface area (Å²) in [5, 5.41) is 26.9. The number of rotatable bonds is 5. The summed E-state index contributed by atoms with van der Waals surface area (Å²) in [6.07, 6.45) is 2.59. The molecule has 5 atom stereocenters. The second-order valence-electron chi connectivity index (χ2n) is 7.06. The first-order chi connectivity index (χ1) is 13.1. The van der Waals surface area contributed by atoms with Crippen LogP contribution in [0.2, 0.25) is 0 Å². The van der Waals surface area contributed by atoms with Gasteiger partial charge < -0.3 is 30.2 Å². The number of hydrogen-bond acceptors (Lipinski definition) is 8. The van der Waals surface area contributed by atoms with E-state index in [1.807, 2.05) is 0 Å². The van der Waals surface area contributed by atoms with Gasteiger partial charge in [0.05, 0.1) is 31.1 Å². The molecule has 10 heteroatoms. The van der Waals surface area contributed by atoms with Gasteiger partial charge in [0.25, 0.3) is 0 Å². The van der Waals surface area contributed by atoms with Crippen LogP contribution < -0.4 is 10.6 Å². The molecule has 27 heavy (non-hydrogen) atoms. The minimum atomic E-state index is -1.04. The van der Waals surface area contributed by atoms with Gasteiger partial charge in [-0.2, -0.15) is 0 Å². The van der Waals surface area contributed by atoms with Gasteiger partial charge in [0.15, 0.2) is 11.5 Å². The number of carbonyl (C=O) groups is 1. The van der Waals surface area contributed by atoms with Crippen molar-refractivity contribution in [3.05, 3.63) is 12.7 Å². The van der Waals surface area contributed by atoms with E-state index in [0.29, 0.717) is 36.4 Å². The predicted molar refractivity (Wildman–Crippen MR) is 96.1 cm³/mol. The Bertz CT molecular complexity index is 821. The number of amides is 1. The maximum atomic E-state index is 11.7. The molecule has 1 unspecified atom stereocenters. The SMILES string of the molecule is CCC(=O)N[C@H]1C[C@@H](n2cnc3c(NC4CCOC4)ncnc32)[C@H](O)[C@@H]1O. The molecule has 2 aromatic rings. The Labute approximate surface area is 156 Å². The zero-order valence-electron chi connectivity index (χ0n) is 15.1. The molecule has 3 heterocycles. The summed E-state index contributed by atoms with van der Waals surface area (Å²) in [6.45, 7) is 3.09. The van der Waals surface area contributed by atoms with Crippen LogP contribution >= 0.6 is 0 Å². The van der Waals surface area contributed by atoms with Crippen LogP contribution in [0, 0.1) is 0 Å². The fourth-order valence-corrected chi connectivity index (χ4v) is 3.78. The highest BCUT2D eigenvalue weighted by Crippen LogP contribution is 2.34. The summed E-state index contributed by atoms with van der Waals surface area (Å²) in [5.74, 6) is 0.466. The fourth-order valence-electron chi connectivity index (χ4n) is 3.78. The van der Waals surface area contributed by atoms with E-state index in [0.717, 1.165) is 13.0 Å². The maximum absolute atomic E-state index is 11.7. The molecule has 0 radical (unpaired) electrons. The topological polar surface area (TPSA) is 134 Å². The normalized spacial score (nSPS) is 30.7. The Morgan fingerprint density at radius 3 is 2.93 bits per heavy atom. The molecule has 10 nitrogen and oxygen atoms in total. The number of aliphatic hydroxyl groups is 2. The molecule has 1 saturated carbocycles. The molecule has 1 aliphatic carbocycles. The third kappa shape index (κ3) is 3.35. The highest BCUT2D eigenvalue weighted by Gasteiger charge is 2.43. The zero-order valence-corrected chi connectivity index (χ0v) is 15.1. The van der Waals surface area contributed by atoms with E-state index < -0.39 is 24.3 Å². The third-order valence-corrected chi connectivity index (χ3v) is 5.31. The summed E-state index contributed by atoms with van der Waals surface area (Å²) in [6, 6.07) is -0.768. The number of aliphatic hydroxyl groups excluding tert-OH is 2. The molecule has 1 amide bonds. The van der Waals surface area contributed by atoms with Gasteiger partial charge in [-0.1, -0.05) is 6.92 Å². The van der Waals surface area contributed by atoms with E-state index in [9.17, 15) is 15.0 Å². The minimum absolute atomic E-state index is 0.157. The number of ether oxygens (including phenoxy) is 1. The first-order valence-corrected chi connectivity index (χ1v) is 9.25. The number of nitrogens with one attached hydrogen (secondary N) is 2. The van der Waals surface area contributed by atoms with Crippen molar-refractivity contribution in [2.24, 2.45) is 0 Å². The Morgan fingerprint density at radius 1 is 1.33 bits per heavy atom. The number of anilines is 1. The lowest BCUT2D eigenvalue weighted by Gasteiger charge is -2.18. The molecule has 2 aliphatic rings. The highest BCUT2D eigenvalue weighted by molar-refractivity contribution is 5.83. The van der Waals surface area contributed by atoms with E-state index in [2.05, 4.69) is 25.6 Å². The molecular weight excluding hydrogens is 352 g/mol. The number of fused-ring (bicyclic) bond motifs is 1. The molecule has 1 saturated heterocycles. The van der Waals surface area contributed by atoms with Gasteiger partial charge in [-0.3, -0.25) is 4.79 Å². The van der Waals surface area contributed by atoms with E-state index in [1.165, 1.54) is 6.33 Å². The second kappa shape index (κ2) is 7.37. The van der Waals surface area contributed by atoms with E-state index in [1.54, 1.807) is 17.8 Å². The Morgan fingerprint density at radius 2 is 2.19 bits per heavy atom. The fraction of sp³-hybridized carbons (Fsp3) is 0.647. The zero-order chi connectivity index (χ0) is 19.0. The van der Waals surface area contributed by atoms with Gasteiger partial charge in [0.1, 0.15) is 24.1 Å². The van der Waals surface area contributed by atoms with Gasteiger partial charge >= 0.3 is 0 Å². The first-order valence-electron chi connectivity index (χ1n) is 9.25. The van der Waals surface area contributed by atoms with Crippen LogP contribution in [0.4, 0.5) is 5.82 Å². The van der Waals surface area contributed by atoms with Crippen LogP contribution in [0.3, 0.4) is 0 Å². The Hall–Kier alpha value is -2.30. The van der Waals surface area contributed by atoms with Crippen LogP contribution in [-0.4, -0.2) is 73.1 Å². The van der Waals surface area contributed by atoms with Gasteiger partial charge in [-0.05, 0) is 12.8 Å². The first kappa shape index (κ1) is 18.1. The van der Waals surface area contributed by atoms with Crippen molar-refractivity contribution in [1.29, 1.82) is 0 Å². The molecule has 4 N–H and O–H groups in total. The number of aromatic nitrogens is 4. The van der Waals surface area contributed by atoms with Crippen LogP contribution in [0.25, 0.3) is 11.2 Å². The summed E-state index contributed by atoms with van der Waals surface area (Å²) in [7, 11) is 0. The van der Waals surface area contributed by atoms with Crippen LogP contribution in [0.1, 0.15) is 32.2 Å². The molecule has 2 aromatic heterocycles. The van der Waals surface area contributed by atoms with Crippen molar-refractivity contribution in [2.75, 3.05) is 18.5 Å². The average Bonchev–Trinajstić information content (AvgIpc) is 3.38. The molecule has 2 fully saturated rings. The van der Waals surface area contributed by atoms with E-state index in [4.69, 9.17) is 4.74 Å². The minimum Gasteiger partial charge on any atom is -0.388 e. The van der Waals surface area contributed by atoms with Crippen molar-refractivity contribution < 1.29 is 19.7 Å². The van der Waals surface area contributed by atoms with Gasteiger partial charge in [0.2, 0.25) is 5.91 Å².